The van der Waals surface area contributed by atoms with E-state index >= 15 is 0 Å². The highest BCUT2D eigenvalue weighted by Crippen LogP contribution is 2.22. The lowest BCUT2D eigenvalue weighted by molar-refractivity contribution is 0.102. The second kappa shape index (κ2) is 5.25. The first-order valence-electron chi connectivity index (χ1n) is 6.66. The van der Waals surface area contributed by atoms with Gasteiger partial charge in [-0.15, -0.1) is 0 Å². The zero-order valence-electron chi connectivity index (χ0n) is 11.6. The van der Waals surface area contributed by atoms with Crippen molar-refractivity contribution in [2.75, 3.05) is 11.1 Å². The number of nitrogens with two attached hydrogens (primary N) is 1. The molecule has 2 aromatic carbocycles. The molecular formula is C17H15N3O. The molecule has 0 aliphatic rings. The molecule has 0 radical (unpaired) electrons. The highest BCUT2D eigenvalue weighted by Gasteiger charge is 2.11. The van der Waals surface area contributed by atoms with E-state index in [-0.39, 0.29) is 5.91 Å². The number of carbonyl (C=O) groups excluding carboxylic acids is 1. The van der Waals surface area contributed by atoms with Gasteiger partial charge in [-0.05, 0) is 42.0 Å². The summed E-state index contributed by atoms with van der Waals surface area (Å²) in [7, 11) is 0. The van der Waals surface area contributed by atoms with E-state index in [0.717, 1.165) is 16.5 Å². The molecule has 104 valence electrons. The van der Waals surface area contributed by atoms with Crippen LogP contribution in [-0.4, -0.2) is 10.9 Å². The fraction of sp³-hybridized carbons (Fsp3) is 0.0588. The normalized spacial score (nSPS) is 10.5. The van der Waals surface area contributed by atoms with Gasteiger partial charge in [0.05, 0.1) is 5.56 Å². The Morgan fingerprint density at radius 3 is 2.52 bits per heavy atom. The van der Waals surface area contributed by atoms with Gasteiger partial charge in [0.15, 0.2) is 0 Å². The van der Waals surface area contributed by atoms with Crippen molar-refractivity contribution < 1.29 is 4.79 Å². The van der Waals surface area contributed by atoms with Crippen molar-refractivity contribution in [3.8, 4) is 0 Å². The molecule has 0 saturated heterocycles. The maximum atomic E-state index is 12.4. The predicted molar refractivity (Wildman–Crippen MR) is 85.3 cm³/mol. The number of amides is 1. The summed E-state index contributed by atoms with van der Waals surface area (Å²) in [5.41, 5.74) is 8.50. The Hall–Kier alpha value is -2.88. The van der Waals surface area contributed by atoms with Crippen LogP contribution in [0.3, 0.4) is 0 Å². The standard InChI is InChI=1S/C17H15N3O/c1-11-8-14(6-7-19-11)20-17(21)15-9-12-4-2-3-5-13(12)10-16(15)18/h2-10H,18H2,1H3,(H,19,20,21). The number of aromatic nitrogens is 1. The molecule has 0 spiro atoms. The topological polar surface area (TPSA) is 68.0 Å². The van der Waals surface area contributed by atoms with Crippen LogP contribution in [0.2, 0.25) is 0 Å². The Morgan fingerprint density at radius 1 is 1.10 bits per heavy atom. The van der Waals surface area contributed by atoms with Gasteiger partial charge >= 0.3 is 0 Å². The number of hydrogen-bond donors (Lipinski definition) is 2. The lowest BCUT2D eigenvalue weighted by Gasteiger charge is -2.09. The summed E-state index contributed by atoms with van der Waals surface area (Å²) in [6.07, 6.45) is 1.66. The number of hydrogen-bond acceptors (Lipinski definition) is 3. The van der Waals surface area contributed by atoms with Crippen LogP contribution in [0.25, 0.3) is 10.8 Å². The summed E-state index contributed by atoms with van der Waals surface area (Å²) in [4.78, 5) is 16.5. The molecular weight excluding hydrogens is 262 g/mol. The Kier molecular flexibility index (Phi) is 3.28. The fourth-order valence-corrected chi connectivity index (χ4v) is 2.28. The van der Waals surface area contributed by atoms with Gasteiger partial charge in [0.1, 0.15) is 0 Å². The minimum Gasteiger partial charge on any atom is -0.398 e. The summed E-state index contributed by atoms with van der Waals surface area (Å²) >= 11 is 0. The van der Waals surface area contributed by atoms with Gasteiger partial charge in [0.2, 0.25) is 0 Å². The number of rotatable bonds is 2. The van der Waals surface area contributed by atoms with E-state index < -0.39 is 0 Å². The monoisotopic (exact) mass is 277 g/mol. The number of carbonyl (C=O) groups is 1. The third-order valence-corrected chi connectivity index (χ3v) is 3.32. The lowest BCUT2D eigenvalue weighted by Crippen LogP contribution is -2.14. The van der Waals surface area contributed by atoms with Gasteiger partial charge < -0.3 is 11.1 Å². The molecule has 3 N–H and O–H groups in total. The van der Waals surface area contributed by atoms with Crippen molar-refractivity contribution in [2.24, 2.45) is 0 Å². The Bertz CT molecular complexity index is 827. The van der Waals surface area contributed by atoms with E-state index in [4.69, 9.17) is 5.73 Å². The van der Waals surface area contributed by atoms with E-state index in [1.165, 1.54) is 0 Å². The van der Waals surface area contributed by atoms with E-state index in [9.17, 15) is 4.79 Å². The lowest BCUT2D eigenvalue weighted by atomic mass is 10.0. The van der Waals surface area contributed by atoms with Gasteiger partial charge in [-0.25, -0.2) is 0 Å². The smallest absolute Gasteiger partial charge is 0.257 e. The molecule has 1 amide bonds. The molecule has 21 heavy (non-hydrogen) atoms. The van der Waals surface area contributed by atoms with Crippen molar-refractivity contribution in [2.45, 2.75) is 6.92 Å². The number of aryl methyl sites for hydroxylation is 1. The molecule has 1 heterocycles. The average molecular weight is 277 g/mol. The second-order valence-electron chi connectivity index (χ2n) is 4.93. The van der Waals surface area contributed by atoms with Crippen LogP contribution in [0.15, 0.2) is 54.7 Å². The van der Waals surface area contributed by atoms with E-state index in [0.29, 0.717) is 16.9 Å². The van der Waals surface area contributed by atoms with Crippen molar-refractivity contribution in [3.05, 3.63) is 66.0 Å². The predicted octanol–water partition coefficient (Wildman–Crippen LogP) is 3.38. The number of fused-ring (bicyclic) bond motifs is 1. The maximum Gasteiger partial charge on any atom is 0.257 e. The molecule has 4 nitrogen and oxygen atoms in total. The minimum atomic E-state index is -0.219. The van der Waals surface area contributed by atoms with Crippen molar-refractivity contribution in [1.29, 1.82) is 0 Å². The molecule has 1 aromatic heterocycles. The van der Waals surface area contributed by atoms with Crippen molar-refractivity contribution in [3.63, 3.8) is 0 Å². The molecule has 0 aliphatic carbocycles. The fourth-order valence-electron chi connectivity index (χ4n) is 2.28. The quantitative estimate of drug-likeness (QED) is 0.706. The Labute approximate surface area is 122 Å². The van der Waals surface area contributed by atoms with Crippen LogP contribution >= 0.6 is 0 Å². The van der Waals surface area contributed by atoms with Gasteiger partial charge in [0, 0.05) is 23.3 Å². The number of nitrogen functional groups attached to an aromatic ring is 1. The highest BCUT2D eigenvalue weighted by molar-refractivity contribution is 6.10. The zero-order valence-corrected chi connectivity index (χ0v) is 11.6. The first-order valence-corrected chi connectivity index (χ1v) is 6.66. The molecule has 0 atom stereocenters. The van der Waals surface area contributed by atoms with Crippen LogP contribution < -0.4 is 11.1 Å². The summed E-state index contributed by atoms with van der Waals surface area (Å²) in [6.45, 7) is 1.88. The van der Waals surface area contributed by atoms with Gasteiger partial charge in [0.25, 0.3) is 5.91 Å². The van der Waals surface area contributed by atoms with Crippen LogP contribution in [0.1, 0.15) is 16.1 Å². The molecule has 0 unspecified atom stereocenters. The Morgan fingerprint density at radius 2 is 1.81 bits per heavy atom. The molecule has 0 saturated carbocycles. The number of nitrogens with one attached hydrogen (secondary N) is 1. The minimum absolute atomic E-state index is 0.219. The molecule has 0 aliphatic heterocycles. The third kappa shape index (κ3) is 2.69. The van der Waals surface area contributed by atoms with Crippen LogP contribution in [0.5, 0.6) is 0 Å². The van der Waals surface area contributed by atoms with E-state index in [2.05, 4.69) is 10.3 Å². The third-order valence-electron chi connectivity index (χ3n) is 3.32. The number of pyridine rings is 1. The highest BCUT2D eigenvalue weighted by atomic mass is 16.1. The molecule has 0 fully saturated rings. The van der Waals surface area contributed by atoms with Crippen molar-refractivity contribution in [1.82, 2.24) is 4.98 Å². The van der Waals surface area contributed by atoms with Crippen LogP contribution in [0, 0.1) is 6.92 Å². The average Bonchev–Trinajstić information content (AvgIpc) is 2.46. The van der Waals surface area contributed by atoms with Gasteiger partial charge in [-0.3, -0.25) is 9.78 Å². The molecule has 3 aromatic rings. The number of nitrogens with zero attached hydrogens (tertiary/aromatic N) is 1. The van der Waals surface area contributed by atoms with Gasteiger partial charge in [-0.2, -0.15) is 0 Å². The van der Waals surface area contributed by atoms with Crippen molar-refractivity contribution >= 4 is 28.1 Å². The van der Waals surface area contributed by atoms with Crippen LogP contribution in [0.4, 0.5) is 11.4 Å². The van der Waals surface area contributed by atoms with E-state index in [1.54, 1.807) is 12.3 Å². The number of anilines is 2. The molecule has 0 bridgehead atoms. The summed E-state index contributed by atoms with van der Waals surface area (Å²) in [6, 6.07) is 15.0. The maximum absolute atomic E-state index is 12.4. The van der Waals surface area contributed by atoms with E-state index in [1.807, 2.05) is 49.4 Å². The molecule has 4 heteroatoms. The summed E-state index contributed by atoms with van der Waals surface area (Å²) < 4.78 is 0. The first kappa shape index (κ1) is 13.1. The second-order valence-corrected chi connectivity index (χ2v) is 4.93. The van der Waals surface area contributed by atoms with Gasteiger partial charge in [-0.1, -0.05) is 24.3 Å². The first-order chi connectivity index (χ1) is 10.1. The zero-order chi connectivity index (χ0) is 14.8. The summed E-state index contributed by atoms with van der Waals surface area (Å²) in [5.74, 6) is -0.219. The summed E-state index contributed by atoms with van der Waals surface area (Å²) in [5, 5.41) is 4.85. The Balaban J connectivity index is 1.96. The van der Waals surface area contributed by atoms with Crippen LogP contribution in [-0.2, 0) is 0 Å². The molecule has 3 rings (SSSR count). The number of benzene rings is 2. The largest absolute Gasteiger partial charge is 0.398 e. The SMILES string of the molecule is Cc1cc(NC(=O)c2cc3ccccc3cc2N)ccn1.